The van der Waals surface area contributed by atoms with Gasteiger partial charge in [0, 0.05) is 22.2 Å². The van der Waals surface area contributed by atoms with Crippen molar-refractivity contribution in [3.05, 3.63) is 45.8 Å². The lowest BCUT2D eigenvalue weighted by Crippen LogP contribution is -2.30. The van der Waals surface area contributed by atoms with Gasteiger partial charge in [-0.25, -0.2) is 4.79 Å². The lowest BCUT2D eigenvalue weighted by molar-refractivity contribution is -0.147. The van der Waals surface area contributed by atoms with Crippen LogP contribution < -0.4 is 15.0 Å². The minimum Gasteiger partial charge on any atom is -0.495 e. The number of carbonyl (C=O) groups excluding carboxylic acids is 1. The molecule has 2 rings (SSSR count). The minimum absolute atomic E-state index is 0.160. The Balaban J connectivity index is 2.63. The number of hydrogen-bond acceptors (Lipinski definition) is 5. The van der Waals surface area contributed by atoms with Crippen LogP contribution >= 0.6 is 11.6 Å². The first-order valence-corrected chi connectivity index (χ1v) is 8.91. The number of methoxy groups -OCH3 is 1. The van der Waals surface area contributed by atoms with Gasteiger partial charge in [-0.15, -0.1) is 0 Å². The van der Waals surface area contributed by atoms with Gasteiger partial charge in [-0.1, -0.05) is 18.5 Å². The molecule has 0 aliphatic carbocycles. The zero-order valence-electron chi connectivity index (χ0n) is 15.6. The number of aromatic nitrogens is 1. The second kappa shape index (κ2) is 9.54. The molecule has 0 saturated heterocycles. The fraction of sp³-hybridized carbons (Fsp3) is 0.368. The van der Waals surface area contributed by atoms with Crippen LogP contribution in [0.3, 0.4) is 0 Å². The quantitative estimate of drug-likeness (QED) is 0.601. The van der Waals surface area contributed by atoms with E-state index in [1.807, 2.05) is 0 Å². The number of esters is 1. The molecule has 6 nitrogen and oxygen atoms in total. The topological polar surface area (TPSA) is 66.8 Å². The van der Waals surface area contributed by atoms with Crippen molar-refractivity contribution in [3.63, 3.8) is 0 Å². The van der Waals surface area contributed by atoms with E-state index in [9.17, 15) is 18.4 Å². The standard InChI is InChI=1S/C19H20ClF2NO5/c1-4-14(18(25)27-5-2)23-10-16(26-3)13(9-17(23)24)12-8-11(20)6-7-15(12)28-19(21)22/h6-10,14,19H,4-5H2,1-3H3. The zero-order valence-corrected chi connectivity index (χ0v) is 16.3. The van der Waals surface area contributed by atoms with Gasteiger partial charge in [-0.05, 0) is 31.5 Å². The highest BCUT2D eigenvalue weighted by Crippen LogP contribution is 2.38. The molecule has 0 aliphatic heterocycles. The maximum Gasteiger partial charge on any atom is 0.387 e. The van der Waals surface area contributed by atoms with Crippen molar-refractivity contribution in [1.29, 1.82) is 0 Å². The van der Waals surface area contributed by atoms with Gasteiger partial charge < -0.3 is 14.2 Å². The highest BCUT2D eigenvalue weighted by Gasteiger charge is 2.24. The van der Waals surface area contributed by atoms with Crippen LogP contribution in [0.15, 0.2) is 35.3 Å². The van der Waals surface area contributed by atoms with Gasteiger partial charge in [-0.2, -0.15) is 8.78 Å². The monoisotopic (exact) mass is 415 g/mol. The molecule has 0 N–H and O–H groups in total. The molecule has 152 valence electrons. The van der Waals surface area contributed by atoms with Crippen LogP contribution in [0.4, 0.5) is 8.78 Å². The van der Waals surface area contributed by atoms with Crippen LogP contribution in [-0.4, -0.2) is 30.9 Å². The van der Waals surface area contributed by atoms with E-state index in [2.05, 4.69) is 4.74 Å². The van der Waals surface area contributed by atoms with E-state index in [0.29, 0.717) is 6.42 Å². The normalized spacial score (nSPS) is 12.0. The highest BCUT2D eigenvalue weighted by molar-refractivity contribution is 6.31. The predicted octanol–water partition coefficient (Wildman–Crippen LogP) is 4.29. The number of ether oxygens (including phenoxy) is 3. The van der Waals surface area contributed by atoms with Gasteiger partial charge in [0.05, 0.1) is 19.9 Å². The first-order chi connectivity index (χ1) is 13.3. The Bertz CT molecular complexity index is 900. The van der Waals surface area contributed by atoms with E-state index in [1.54, 1.807) is 13.8 Å². The van der Waals surface area contributed by atoms with Crippen LogP contribution in [0.1, 0.15) is 26.3 Å². The summed E-state index contributed by atoms with van der Waals surface area (Å²) in [5.74, 6) is -0.526. The number of halogens is 3. The van der Waals surface area contributed by atoms with Gasteiger partial charge >= 0.3 is 12.6 Å². The highest BCUT2D eigenvalue weighted by atomic mass is 35.5. The van der Waals surface area contributed by atoms with Crippen molar-refractivity contribution >= 4 is 17.6 Å². The van der Waals surface area contributed by atoms with Crippen LogP contribution in [-0.2, 0) is 9.53 Å². The van der Waals surface area contributed by atoms with Crippen molar-refractivity contribution in [2.75, 3.05) is 13.7 Å². The number of carbonyl (C=O) groups is 1. The lowest BCUT2D eigenvalue weighted by atomic mass is 10.0. The summed E-state index contributed by atoms with van der Waals surface area (Å²) < 4.78 is 41.6. The maximum absolute atomic E-state index is 12.8. The van der Waals surface area contributed by atoms with Crippen LogP contribution in [0.5, 0.6) is 11.5 Å². The van der Waals surface area contributed by atoms with Gasteiger partial charge in [-0.3, -0.25) is 9.36 Å². The average Bonchev–Trinajstić information content (AvgIpc) is 2.64. The summed E-state index contributed by atoms with van der Waals surface area (Å²) in [5, 5.41) is 0.265. The van der Waals surface area contributed by atoms with E-state index >= 15 is 0 Å². The Labute approximate surface area is 165 Å². The molecule has 2 aromatic rings. The molecule has 28 heavy (non-hydrogen) atoms. The summed E-state index contributed by atoms with van der Waals surface area (Å²) in [4.78, 5) is 24.8. The Morgan fingerprint density at radius 3 is 2.43 bits per heavy atom. The Hall–Kier alpha value is -2.61. The third kappa shape index (κ3) is 4.81. The number of hydrogen-bond donors (Lipinski definition) is 0. The number of pyridine rings is 1. The molecule has 1 atom stereocenters. The molecule has 0 saturated carbocycles. The molecule has 0 bridgehead atoms. The van der Waals surface area contributed by atoms with Gasteiger partial charge in [0.1, 0.15) is 17.5 Å². The lowest BCUT2D eigenvalue weighted by Gasteiger charge is -2.20. The van der Waals surface area contributed by atoms with Crippen LogP contribution in [0.25, 0.3) is 11.1 Å². The molecule has 0 spiro atoms. The fourth-order valence-electron chi connectivity index (χ4n) is 2.77. The molecule has 0 fully saturated rings. The van der Waals surface area contributed by atoms with Crippen molar-refractivity contribution in [3.8, 4) is 22.6 Å². The molecule has 1 aromatic carbocycles. The first kappa shape index (κ1) is 21.7. The molecular weight excluding hydrogens is 396 g/mol. The Morgan fingerprint density at radius 1 is 1.18 bits per heavy atom. The van der Waals surface area contributed by atoms with Crippen LogP contribution in [0.2, 0.25) is 5.02 Å². The second-order valence-corrected chi connectivity index (χ2v) is 6.13. The van der Waals surface area contributed by atoms with E-state index in [4.69, 9.17) is 21.1 Å². The summed E-state index contributed by atoms with van der Waals surface area (Å²) in [6.07, 6.45) is 1.66. The van der Waals surface area contributed by atoms with E-state index in [1.165, 1.54) is 42.1 Å². The Kier molecular flexibility index (Phi) is 7.39. The summed E-state index contributed by atoms with van der Waals surface area (Å²) in [6, 6.07) is 4.41. The number of nitrogens with zero attached hydrogens (tertiary/aromatic N) is 1. The zero-order chi connectivity index (χ0) is 20.8. The predicted molar refractivity (Wildman–Crippen MR) is 100 cm³/mol. The number of rotatable bonds is 8. The van der Waals surface area contributed by atoms with E-state index in [-0.39, 0.29) is 34.3 Å². The summed E-state index contributed by atoms with van der Waals surface area (Å²) in [5.41, 5.74) is -0.155. The smallest absolute Gasteiger partial charge is 0.387 e. The fourth-order valence-corrected chi connectivity index (χ4v) is 2.94. The summed E-state index contributed by atoms with van der Waals surface area (Å²) in [6.45, 7) is 0.524. The maximum atomic E-state index is 12.8. The number of alkyl halides is 2. The van der Waals surface area contributed by atoms with Gasteiger partial charge in [0.25, 0.3) is 5.56 Å². The molecule has 1 heterocycles. The first-order valence-electron chi connectivity index (χ1n) is 8.53. The molecule has 1 aromatic heterocycles. The van der Waals surface area contributed by atoms with Crippen molar-refractivity contribution in [2.24, 2.45) is 0 Å². The van der Waals surface area contributed by atoms with Gasteiger partial charge in [0.2, 0.25) is 0 Å². The second-order valence-electron chi connectivity index (χ2n) is 5.70. The van der Waals surface area contributed by atoms with Crippen molar-refractivity contribution in [2.45, 2.75) is 32.9 Å². The molecule has 9 heteroatoms. The molecule has 0 aliphatic rings. The summed E-state index contributed by atoms with van der Waals surface area (Å²) >= 11 is 5.99. The third-order valence-electron chi connectivity index (χ3n) is 3.99. The summed E-state index contributed by atoms with van der Waals surface area (Å²) in [7, 11) is 1.36. The van der Waals surface area contributed by atoms with E-state index in [0.717, 1.165) is 0 Å². The average molecular weight is 416 g/mol. The SMILES string of the molecule is CCOC(=O)C(CC)n1cc(OC)c(-c2cc(Cl)ccc2OC(F)F)cc1=O. The molecule has 1 unspecified atom stereocenters. The Morgan fingerprint density at radius 2 is 1.86 bits per heavy atom. The van der Waals surface area contributed by atoms with Gasteiger partial charge in [0.15, 0.2) is 0 Å². The number of benzene rings is 1. The minimum atomic E-state index is -3.06. The molecule has 0 amide bonds. The van der Waals surface area contributed by atoms with Crippen molar-refractivity contribution < 1.29 is 27.8 Å². The van der Waals surface area contributed by atoms with Crippen LogP contribution in [0, 0.1) is 0 Å². The largest absolute Gasteiger partial charge is 0.495 e. The molecular formula is C19H20ClF2NO5. The third-order valence-corrected chi connectivity index (χ3v) is 4.23. The van der Waals surface area contributed by atoms with E-state index < -0.39 is 24.2 Å². The van der Waals surface area contributed by atoms with Crippen molar-refractivity contribution in [1.82, 2.24) is 4.57 Å². The molecule has 0 radical (unpaired) electrons.